The summed E-state index contributed by atoms with van der Waals surface area (Å²) in [6, 6.07) is -0.407. The zero-order valence-electron chi connectivity index (χ0n) is 8.94. The molecule has 0 spiro atoms. The van der Waals surface area contributed by atoms with Crippen molar-refractivity contribution in [3.63, 3.8) is 0 Å². The topological polar surface area (TPSA) is 66.6 Å². The monoisotopic (exact) mass is 200 g/mol. The molecule has 0 aliphatic carbocycles. The van der Waals surface area contributed by atoms with Crippen molar-refractivity contribution < 1.29 is 9.90 Å². The van der Waals surface area contributed by atoms with Crippen molar-refractivity contribution in [3.8, 4) is 0 Å². The molecule has 14 heavy (non-hydrogen) atoms. The fourth-order valence-electron chi connectivity index (χ4n) is 1.66. The lowest BCUT2D eigenvalue weighted by Gasteiger charge is -2.35. The maximum atomic E-state index is 11.7. The summed E-state index contributed by atoms with van der Waals surface area (Å²) >= 11 is 0. The Bertz CT molecular complexity index is 208. The molecule has 2 unspecified atom stereocenters. The van der Waals surface area contributed by atoms with Crippen LogP contribution >= 0.6 is 0 Å². The molecule has 3 atom stereocenters. The van der Waals surface area contributed by atoms with Gasteiger partial charge in [0.05, 0.1) is 12.1 Å². The largest absolute Gasteiger partial charge is 0.391 e. The van der Waals surface area contributed by atoms with Gasteiger partial charge in [0.25, 0.3) is 0 Å². The molecule has 82 valence electrons. The van der Waals surface area contributed by atoms with Crippen molar-refractivity contribution >= 4 is 5.91 Å². The van der Waals surface area contributed by atoms with Crippen molar-refractivity contribution in [2.75, 3.05) is 13.1 Å². The molecule has 1 aliphatic rings. The Balaban J connectivity index is 2.50. The van der Waals surface area contributed by atoms with E-state index in [0.29, 0.717) is 13.0 Å². The third-order valence-electron chi connectivity index (χ3n) is 2.99. The highest BCUT2D eigenvalue weighted by Gasteiger charge is 2.28. The number of aliphatic hydroxyl groups excluding tert-OH is 1. The first-order valence-corrected chi connectivity index (χ1v) is 5.28. The molecular weight excluding hydrogens is 180 g/mol. The number of rotatable bonds is 2. The second-order valence-corrected chi connectivity index (χ2v) is 4.13. The van der Waals surface area contributed by atoms with Crippen molar-refractivity contribution in [1.82, 2.24) is 4.90 Å². The van der Waals surface area contributed by atoms with Gasteiger partial charge in [0.15, 0.2) is 0 Å². The molecule has 4 heteroatoms. The molecule has 0 bridgehead atoms. The highest BCUT2D eigenvalue weighted by molar-refractivity contribution is 5.81. The van der Waals surface area contributed by atoms with Crippen LogP contribution < -0.4 is 5.73 Å². The normalized spacial score (nSPS) is 30.1. The van der Waals surface area contributed by atoms with E-state index in [1.165, 1.54) is 0 Å². The minimum absolute atomic E-state index is 0.0292. The summed E-state index contributed by atoms with van der Waals surface area (Å²) in [4.78, 5) is 13.4. The molecule has 0 aromatic rings. The van der Waals surface area contributed by atoms with E-state index >= 15 is 0 Å². The molecular formula is C10H20N2O2. The van der Waals surface area contributed by atoms with E-state index in [4.69, 9.17) is 5.73 Å². The summed E-state index contributed by atoms with van der Waals surface area (Å²) < 4.78 is 0. The van der Waals surface area contributed by atoms with E-state index in [9.17, 15) is 9.90 Å². The van der Waals surface area contributed by atoms with Gasteiger partial charge >= 0.3 is 0 Å². The summed E-state index contributed by atoms with van der Waals surface area (Å²) in [5.41, 5.74) is 5.65. The second-order valence-electron chi connectivity index (χ2n) is 4.13. The first-order valence-electron chi connectivity index (χ1n) is 5.28. The van der Waals surface area contributed by atoms with E-state index in [2.05, 4.69) is 0 Å². The highest BCUT2D eigenvalue weighted by atomic mass is 16.3. The zero-order valence-corrected chi connectivity index (χ0v) is 8.94. The van der Waals surface area contributed by atoms with E-state index in [1.54, 1.807) is 4.90 Å². The van der Waals surface area contributed by atoms with E-state index in [-0.39, 0.29) is 11.8 Å². The number of likely N-dealkylation sites (tertiary alicyclic amines) is 1. The standard InChI is InChI=1S/C10H20N2O2/c1-3-8(11)10(14)12-5-4-7(2)9(13)6-12/h7-9,13H,3-6,11H2,1-2H3/t7?,8-,9?/m1/s1. The number of hydrogen-bond donors (Lipinski definition) is 2. The van der Waals surface area contributed by atoms with Crippen LogP contribution in [0.5, 0.6) is 0 Å². The number of piperidine rings is 1. The highest BCUT2D eigenvalue weighted by Crippen LogP contribution is 2.17. The lowest BCUT2D eigenvalue weighted by molar-refractivity contribution is -0.136. The van der Waals surface area contributed by atoms with Gasteiger partial charge in [0.1, 0.15) is 0 Å². The number of β-amino-alcohol motifs (C(OH)–C–C–N with tert-alkyl or cyclic N) is 1. The van der Waals surface area contributed by atoms with Gasteiger partial charge in [0, 0.05) is 13.1 Å². The molecule has 0 aromatic heterocycles. The molecule has 0 aromatic carbocycles. The minimum Gasteiger partial charge on any atom is -0.391 e. The maximum absolute atomic E-state index is 11.7. The van der Waals surface area contributed by atoms with E-state index in [1.807, 2.05) is 13.8 Å². The Kier molecular flexibility index (Phi) is 3.89. The van der Waals surface area contributed by atoms with Crippen molar-refractivity contribution in [2.24, 2.45) is 11.7 Å². The minimum atomic E-state index is -0.407. The maximum Gasteiger partial charge on any atom is 0.239 e. The van der Waals surface area contributed by atoms with Crippen LogP contribution in [0.25, 0.3) is 0 Å². The average molecular weight is 200 g/mol. The Morgan fingerprint density at radius 2 is 2.36 bits per heavy atom. The molecule has 1 aliphatic heterocycles. The Morgan fingerprint density at radius 1 is 1.71 bits per heavy atom. The number of carbonyl (C=O) groups excluding carboxylic acids is 1. The molecule has 4 nitrogen and oxygen atoms in total. The molecule has 1 rings (SSSR count). The molecule has 1 saturated heterocycles. The predicted molar refractivity (Wildman–Crippen MR) is 54.6 cm³/mol. The summed E-state index contributed by atoms with van der Waals surface area (Å²) in [6.07, 6.45) is 1.13. The number of carbonyl (C=O) groups is 1. The summed E-state index contributed by atoms with van der Waals surface area (Å²) in [6.45, 7) is 5.07. The Labute approximate surface area is 85.1 Å². The van der Waals surface area contributed by atoms with Crippen LogP contribution in [0, 0.1) is 5.92 Å². The van der Waals surface area contributed by atoms with Gasteiger partial charge in [0.2, 0.25) is 5.91 Å². The Morgan fingerprint density at radius 3 is 2.86 bits per heavy atom. The summed E-state index contributed by atoms with van der Waals surface area (Å²) in [5, 5.41) is 9.62. The molecule has 1 amide bonds. The van der Waals surface area contributed by atoms with Crippen LogP contribution in [-0.2, 0) is 4.79 Å². The average Bonchev–Trinajstić information content (AvgIpc) is 2.20. The van der Waals surface area contributed by atoms with Gasteiger partial charge in [-0.2, -0.15) is 0 Å². The number of amides is 1. The number of nitrogens with two attached hydrogens (primary N) is 1. The van der Waals surface area contributed by atoms with E-state index < -0.39 is 12.1 Å². The molecule has 0 radical (unpaired) electrons. The molecule has 3 N–H and O–H groups in total. The number of nitrogens with zero attached hydrogens (tertiary/aromatic N) is 1. The van der Waals surface area contributed by atoms with Crippen LogP contribution in [0.2, 0.25) is 0 Å². The smallest absolute Gasteiger partial charge is 0.239 e. The fraction of sp³-hybridized carbons (Fsp3) is 0.900. The Hall–Kier alpha value is -0.610. The van der Waals surface area contributed by atoms with E-state index in [0.717, 1.165) is 13.0 Å². The lowest BCUT2D eigenvalue weighted by Crippen LogP contribution is -2.51. The first kappa shape index (κ1) is 11.5. The summed E-state index contributed by atoms with van der Waals surface area (Å²) in [7, 11) is 0. The number of aliphatic hydroxyl groups is 1. The van der Waals surface area contributed by atoms with Gasteiger partial charge in [-0.15, -0.1) is 0 Å². The predicted octanol–water partition coefficient (Wildman–Crippen LogP) is -0.0470. The van der Waals surface area contributed by atoms with Gasteiger partial charge < -0.3 is 15.7 Å². The fourth-order valence-corrected chi connectivity index (χ4v) is 1.66. The lowest BCUT2D eigenvalue weighted by atomic mass is 9.95. The zero-order chi connectivity index (χ0) is 10.7. The van der Waals surface area contributed by atoms with Gasteiger partial charge in [-0.1, -0.05) is 13.8 Å². The van der Waals surface area contributed by atoms with Gasteiger partial charge in [-0.25, -0.2) is 0 Å². The summed E-state index contributed by atoms with van der Waals surface area (Å²) in [5.74, 6) is 0.260. The van der Waals surface area contributed by atoms with Crippen LogP contribution in [0.15, 0.2) is 0 Å². The SMILES string of the molecule is CC[C@@H](N)C(=O)N1CCC(C)C(O)C1. The van der Waals surface area contributed by atoms with Crippen LogP contribution in [-0.4, -0.2) is 41.1 Å². The third-order valence-corrected chi connectivity index (χ3v) is 2.99. The third kappa shape index (κ3) is 2.45. The van der Waals surface area contributed by atoms with Crippen LogP contribution in [0.4, 0.5) is 0 Å². The van der Waals surface area contributed by atoms with Crippen molar-refractivity contribution in [1.29, 1.82) is 0 Å². The first-order chi connectivity index (χ1) is 6.56. The molecule has 0 saturated carbocycles. The van der Waals surface area contributed by atoms with Gasteiger partial charge in [-0.3, -0.25) is 4.79 Å². The van der Waals surface area contributed by atoms with Crippen LogP contribution in [0.1, 0.15) is 26.7 Å². The van der Waals surface area contributed by atoms with Gasteiger partial charge in [-0.05, 0) is 18.8 Å². The quantitative estimate of drug-likeness (QED) is 0.657. The van der Waals surface area contributed by atoms with Crippen molar-refractivity contribution in [2.45, 2.75) is 38.8 Å². The second kappa shape index (κ2) is 4.75. The van der Waals surface area contributed by atoms with Crippen LogP contribution in [0.3, 0.4) is 0 Å². The number of hydrogen-bond acceptors (Lipinski definition) is 3. The molecule has 1 heterocycles. The molecule has 1 fully saturated rings. The van der Waals surface area contributed by atoms with Crippen molar-refractivity contribution in [3.05, 3.63) is 0 Å².